The molecule has 6 heteroatoms. The standard InChI is InChI=1S/C15H21N3O3/c1-3-12-14(19)17-7-8-18(12)15(20)10-5-6-13(21-4-2)11(16)9-10/h5-6,9,12H,3-4,7-8,16H2,1-2H3,(H,17,19). The molecule has 1 heterocycles. The number of ether oxygens (including phenoxy) is 1. The molecule has 0 aromatic heterocycles. The van der Waals surface area contributed by atoms with Gasteiger partial charge in [-0.05, 0) is 31.5 Å². The van der Waals surface area contributed by atoms with Gasteiger partial charge in [0.05, 0.1) is 12.3 Å². The molecule has 1 saturated heterocycles. The molecule has 2 rings (SSSR count). The number of benzene rings is 1. The van der Waals surface area contributed by atoms with Gasteiger partial charge in [0.2, 0.25) is 5.91 Å². The van der Waals surface area contributed by atoms with E-state index in [1.54, 1.807) is 23.1 Å². The summed E-state index contributed by atoms with van der Waals surface area (Å²) in [6.07, 6.45) is 0.587. The zero-order valence-corrected chi connectivity index (χ0v) is 12.4. The van der Waals surface area contributed by atoms with E-state index in [9.17, 15) is 9.59 Å². The first kappa shape index (κ1) is 15.2. The Morgan fingerprint density at radius 1 is 1.48 bits per heavy atom. The van der Waals surface area contributed by atoms with Gasteiger partial charge in [0, 0.05) is 18.7 Å². The Bertz CT molecular complexity index is 545. The Morgan fingerprint density at radius 3 is 2.86 bits per heavy atom. The normalized spacial score (nSPS) is 18.3. The van der Waals surface area contributed by atoms with Gasteiger partial charge >= 0.3 is 0 Å². The number of rotatable bonds is 4. The van der Waals surface area contributed by atoms with Crippen LogP contribution in [0.5, 0.6) is 5.75 Å². The van der Waals surface area contributed by atoms with E-state index in [4.69, 9.17) is 10.5 Å². The maximum atomic E-state index is 12.6. The fourth-order valence-electron chi connectivity index (χ4n) is 2.50. The second kappa shape index (κ2) is 6.47. The maximum absolute atomic E-state index is 12.6. The van der Waals surface area contributed by atoms with Crippen molar-refractivity contribution in [2.75, 3.05) is 25.4 Å². The molecular formula is C15H21N3O3. The van der Waals surface area contributed by atoms with Gasteiger partial charge in [-0.25, -0.2) is 0 Å². The molecule has 1 aliphatic rings. The first-order valence-corrected chi connectivity index (χ1v) is 7.19. The number of nitrogens with two attached hydrogens (primary N) is 1. The van der Waals surface area contributed by atoms with Crippen LogP contribution in [0.1, 0.15) is 30.6 Å². The number of hydrogen-bond donors (Lipinski definition) is 2. The van der Waals surface area contributed by atoms with Crippen molar-refractivity contribution in [3.05, 3.63) is 23.8 Å². The van der Waals surface area contributed by atoms with Gasteiger partial charge in [0.1, 0.15) is 11.8 Å². The smallest absolute Gasteiger partial charge is 0.254 e. The van der Waals surface area contributed by atoms with Crippen LogP contribution >= 0.6 is 0 Å². The molecule has 1 atom stereocenters. The summed E-state index contributed by atoms with van der Waals surface area (Å²) in [5.74, 6) is 0.292. The SMILES string of the molecule is CCOc1ccc(C(=O)N2CCNC(=O)C2CC)cc1N. The summed E-state index contributed by atoms with van der Waals surface area (Å²) in [6, 6.07) is 4.56. The topological polar surface area (TPSA) is 84.7 Å². The van der Waals surface area contributed by atoms with Gasteiger partial charge < -0.3 is 20.7 Å². The van der Waals surface area contributed by atoms with Crippen LogP contribution in [-0.4, -0.2) is 42.5 Å². The van der Waals surface area contributed by atoms with E-state index in [0.717, 1.165) is 0 Å². The molecule has 1 aliphatic heterocycles. The fourth-order valence-corrected chi connectivity index (χ4v) is 2.50. The summed E-state index contributed by atoms with van der Waals surface area (Å²) in [7, 11) is 0. The molecule has 1 fully saturated rings. The molecule has 0 bridgehead atoms. The monoisotopic (exact) mass is 291 g/mol. The molecule has 6 nitrogen and oxygen atoms in total. The Kier molecular flexibility index (Phi) is 4.67. The Balaban J connectivity index is 2.22. The lowest BCUT2D eigenvalue weighted by Crippen LogP contribution is -2.56. The quantitative estimate of drug-likeness (QED) is 0.811. The van der Waals surface area contributed by atoms with Crippen molar-refractivity contribution in [3.63, 3.8) is 0 Å². The van der Waals surface area contributed by atoms with Gasteiger partial charge in [-0.15, -0.1) is 0 Å². The zero-order valence-electron chi connectivity index (χ0n) is 12.4. The average molecular weight is 291 g/mol. The number of nitrogens with one attached hydrogen (secondary N) is 1. The summed E-state index contributed by atoms with van der Waals surface area (Å²) in [5, 5.41) is 2.78. The Hall–Kier alpha value is -2.24. The Morgan fingerprint density at radius 2 is 2.24 bits per heavy atom. The number of hydrogen-bond acceptors (Lipinski definition) is 4. The maximum Gasteiger partial charge on any atom is 0.254 e. The number of amides is 2. The largest absolute Gasteiger partial charge is 0.492 e. The molecule has 0 radical (unpaired) electrons. The molecule has 3 N–H and O–H groups in total. The third-order valence-electron chi connectivity index (χ3n) is 3.53. The summed E-state index contributed by atoms with van der Waals surface area (Å²) >= 11 is 0. The van der Waals surface area contributed by atoms with Crippen LogP contribution < -0.4 is 15.8 Å². The predicted octanol–water partition coefficient (Wildman–Crippen LogP) is 1.02. The molecule has 0 saturated carbocycles. The number of nitrogens with zero attached hydrogens (tertiary/aromatic N) is 1. The van der Waals surface area contributed by atoms with Crippen molar-refractivity contribution in [1.82, 2.24) is 10.2 Å². The van der Waals surface area contributed by atoms with Crippen LogP contribution in [-0.2, 0) is 4.79 Å². The highest BCUT2D eigenvalue weighted by Crippen LogP contribution is 2.24. The molecule has 0 aliphatic carbocycles. The van der Waals surface area contributed by atoms with Crippen LogP contribution in [0.3, 0.4) is 0 Å². The lowest BCUT2D eigenvalue weighted by atomic mass is 10.1. The highest BCUT2D eigenvalue weighted by Gasteiger charge is 2.32. The fraction of sp³-hybridized carbons (Fsp3) is 0.467. The minimum Gasteiger partial charge on any atom is -0.492 e. The van der Waals surface area contributed by atoms with E-state index in [0.29, 0.717) is 43.1 Å². The van der Waals surface area contributed by atoms with Crippen molar-refractivity contribution in [2.24, 2.45) is 0 Å². The molecule has 2 amide bonds. The molecule has 1 unspecified atom stereocenters. The number of carbonyl (C=O) groups is 2. The van der Waals surface area contributed by atoms with Gasteiger partial charge in [-0.2, -0.15) is 0 Å². The van der Waals surface area contributed by atoms with E-state index < -0.39 is 6.04 Å². The molecule has 114 valence electrons. The molecule has 21 heavy (non-hydrogen) atoms. The van der Waals surface area contributed by atoms with Crippen molar-refractivity contribution < 1.29 is 14.3 Å². The summed E-state index contributed by atoms with van der Waals surface area (Å²) in [4.78, 5) is 26.0. The van der Waals surface area contributed by atoms with Crippen LogP contribution in [0.4, 0.5) is 5.69 Å². The number of carbonyl (C=O) groups excluding carboxylic acids is 2. The van der Waals surface area contributed by atoms with Crippen molar-refractivity contribution in [2.45, 2.75) is 26.3 Å². The van der Waals surface area contributed by atoms with Gasteiger partial charge in [-0.1, -0.05) is 6.92 Å². The van der Waals surface area contributed by atoms with E-state index in [1.807, 2.05) is 13.8 Å². The second-order valence-electron chi connectivity index (χ2n) is 4.90. The van der Waals surface area contributed by atoms with Crippen molar-refractivity contribution >= 4 is 17.5 Å². The predicted molar refractivity (Wildman–Crippen MR) is 80.1 cm³/mol. The summed E-state index contributed by atoms with van der Waals surface area (Å²) in [5.41, 5.74) is 6.80. The van der Waals surface area contributed by atoms with Crippen molar-refractivity contribution in [1.29, 1.82) is 0 Å². The second-order valence-corrected chi connectivity index (χ2v) is 4.90. The highest BCUT2D eigenvalue weighted by molar-refractivity contribution is 5.99. The minimum absolute atomic E-state index is 0.101. The lowest BCUT2D eigenvalue weighted by molar-refractivity contribution is -0.127. The molecular weight excluding hydrogens is 270 g/mol. The van der Waals surface area contributed by atoms with E-state index >= 15 is 0 Å². The number of piperazine rings is 1. The highest BCUT2D eigenvalue weighted by atomic mass is 16.5. The first-order valence-electron chi connectivity index (χ1n) is 7.19. The summed E-state index contributed by atoms with van der Waals surface area (Å²) < 4.78 is 5.36. The van der Waals surface area contributed by atoms with Crippen LogP contribution in [0, 0.1) is 0 Å². The van der Waals surface area contributed by atoms with E-state index in [-0.39, 0.29) is 11.8 Å². The minimum atomic E-state index is -0.418. The molecule has 0 spiro atoms. The van der Waals surface area contributed by atoms with Crippen LogP contribution in [0.2, 0.25) is 0 Å². The first-order chi connectivity index (χ1) is 10.1. The van der Waals surface area contributed by atoms with Gasteiger partial charge in [0.15, 0.2) is 0 Å². The molecule has 1 aromatic carbocycles. The zero-order chi connectivity index (χ0) is 15.4. The van der Waals surface area contributed by atoms with E-state index in [1.165, 1.54) is 0 Å². The van der Waals surface area contributed by atoms with Crippen LogP contribution in [0.25, 0.3) is 0 Å². The third-order valence-corrected chi connectivity index (χ3v) is 3.53. The summed E-state index contributed by atoms with van der Waals surface area (Å²) in [6.45, 7) is 5.27. The van der Waals surface area contributed by atoms with Gasteiger partial charge in [0.25, 0.3) is 5.91 Å². The lowest BCUT2D eigenvalue weighted by Gasteiger charge is -2.34. The van der Waals surface area contributed by atoms with Gasteiger partial charge in [-0.3, -0.25) is 9.59 Å². The van der Waals surface area contributed by atoms with Crippen molar-refractivity contribution in [3.8, 4) is 5.75 Å². The third kappa shape index (κ3) is 3.09. The average Bonchev–Trinajstić information content (AvgIpc) is 2.48. The number of nitrogen functional groups attached to an aromatic ring is 1. The Labute approximate surface area is 124 Å². The van der Waals surface area contributed by atoms with Crippen LogP contribution in [0.15, 0.2) is 18.2 Å². The van der Waals surface area contributed by atoms with E-state index in [2.05, 4.69) is 5.32 Å². The molecule has 1 aromatic rings. The number of anilines is 1.